The van der Waals surface area contributed by atoms with E-state index in [4.69, 9.17) is 5.26 Å². The van der Waals surface area contributed by atoms with Gasteiger partial charge in [-0.25, -0.2) is 0 Å². The van der Waals surface area contributed by atoms with Crippen molar-refractivity contribution in [2.24, 2.45) is 0 Å². The Labute approximate surface area is 99.5 Å². The van der Waals surface area contributed by atoms with E-state index in [9.17, 15) is 5.11 Å². The largest absolute Gasteiger partial charge is 0.388 e. The van der Waals surface area contributed by atoms with Gasteiger partial charge in [0.1, 0.15) is 11.9 Å². The van der Waals surface area contributed by atoms with E-state index in [0.29, 0.717) is 5.75 Å². The Bertz CT molecular complexity index is 514. The maximum atomic E-state index is 10.1. The Morgan fingerprint density at radius 2 is 1.53 bits per heavy atom. The van der Waals surface area contributed by atoms with Crippen molar-refractivity contribution in [2.45, 2.75) is 6.10 Å². The average Bonchev–Trinajstić information content (AvgIpc) is 2.40. The molecule has 0 spiro atoms. The van der Waals surface area contributed by atoms with Crippen LogP contribution in [0.2, 0.25) is 0 Å². The maximum Gasteiger partial charge on any atom is 0.292 e. The zero-order valence-electron chi connectivity index (χ0n) is 9.08. The molecule has 84 valence electrons. The van der Waals surface area contributed by atoms with Gasteiger partial charge in [-0.15, -0.1) is 5.26 Å². The third-order valence-corrected chi connectivity index (χ3v) is 2.47. The average molecular weight is 225 g/mol. The molecule has 0 fully saturated rings. The lowest BCUT2D eigenvalue weighted by Crippen LogP contribution is -1.98. The van der Waals surface area contributed by atoms with Gasteiger partial charge in [0.25, 0.3) is 6.26 Å². The molecule has 0 bridgehead atoms. The summed E-state index contributed by atoms with van der Waals surface area (Å²) in [4.78, 5) is 0. The molecule has 1 atom stereocenters. The van der Waals surface area contributed by atoms with Crippen LogP contribution in [0.1, 0.15) is 17.2 Å². The summed E-state index contributed by atoms with van der Waals surface area (Å²) >= 11 is 0. The van der Waals surface area contributed by atoms with Gasteiger partial charge >= 0.3 is 0 Å². The van der Waals surface area contributed by atoms with E-state index in [1.54, 1.807) is 30.5 Å². The molecule has 17 heavy (non-hydrogen) atoms. The molecule has 3 nitrogen and oxygen atoms in total. The summed E-state index contributed by atoms with van der Waals surface area (Å²) in [5.41, 5.74) is 1.60. The third-order valence-electron chi connectivity index (χ3n) is 2.47. The van der Waals surface area contributed by atoms with Crippen molar-refractivity contribution in [3.8, 4) is 12.0 Å². The number of benzene rings is 2. The molecular weight excluding hydrogens is 214 g/mol. The number of hydrogen-bond donors (Lipinski definition) is 1. The highest BCUT2D eigenvalue weighted by molar-refractivity contribution is 5.34. The lowest BCUT2D eigenvalue weighted by Gasteiger charge is -2.11. The molecule has 0 heterocycles. The van der Waals surface area contributed by atoms with Crippen LogP contribution in [-0.2, 0) is 0 Å². The van der Waals surface area contributed by atoms with Gasteiger partial charge in [0.2, 0.25) is 0 Å². The Balaban J connectivity index is 2.21. The monoisotopic (exact) mass is 225 g/mol. The molecule has 0 radical (unpaired) electrons. The Hall–Kier alpha value is -2.31. The molecule has 2 aromatic carbocycles. The molecule has 0 amide bonds. The number of aliphatic hydroxyl groups is 1. The second kappa shape index (κ2) is 5.15. The Morgan fingerprint density at radius 3 is 2.12 bits per heavy atom. The molecule has 0 saturated heterocycles. The summed E-state index contributed by atoms with van der Waals surface area (Å²) in [6.07, 6.45) is 0.942. The summed E-state index contributed by atoms with van der Waals surface area (Å²) < 4.78 is 4.67. The number of nitriles is 1. The van der Waals surface area contributed by atoms with Gasteiger partial charge in [-0.2, -0.15) is 0 Å². The van der Waals surface area contributed by atoms with Crippen LogP contribution >= 0.6 is 0 Å². The van der Waals surface area contributed by atoms with Crippen molar-refractivity contribution in [2.75, 3.05) is 0 Å². The van der Waals surface area contributed by atoms with Crippen LogP contribution in [0.25, 0.3) is 0 Å². The van der Waals surface area contributed by atoms with E-state index < -0.39 is 6.10 Å². The smallest absolute Gasteiger partial charge is 0.292 e. The summed E-state index contributed by atoms with van der Waals surface area (Å²) in [5, 5.41) is 18.5. The Kier molecular flexibility index (Phi) is 3.39. The molecule has 2 aromatic rings. The highest BCUT2D eigenvalue weighted by atomic mass is 16.5. The van der Waals surface area contributed by atoms with Crippen LogP contribution in [0, 0.1) is 11.5 Å². The number of ether oxygens (including phenoxy) is 1. The lowest BCUT2D eigenvalue weighted by molar-refractivity contribution is 0.220. The van der Waals surface area contributed by atoms with Crippen LogP contribution in [0.3, 0.4) is 0 Å². The highest BCUT2D eigenvalue weighted by Gasteiger charge is 2.09. The first kappa shape index (κ1) is 11.2. The van der Waals surface area contributed by atoms with E-state index >= 15 is 0 Å². The van der Waals surface area contributed by atoms with Crippen LogP contribution in [0.15, 0.2) is 54.6 Å². The standard InChI is InChI=1S/C14H11NO2/c15-10-17-13-8-6-12(7-9-13)14(16)11-4-2-1-3-5-11/h1-9,14,16H. The summed E-state index contributed by atoms with van der Waals surface area (Å²) in [6.45, 7) is 0. The molecule has 2 rings (SSSR count). The van der Waals surface area contributed by atoms with E-state index in [-0.39, 0.29) is 0 Å². The predicted molar refractivity (Wildman–Crippen MR) is 63.2 cm³/mol. The van der Waals surface area contributed by atoms with Crippen molar-refractivity contribution in [3.63, 3.8) is 0 Å². The zero-order chi connectivity index (χ0) is 12.1. The molecule has 1 N–H and O–H groups in total. The number of rotatable bonds is 3. The normalized spacial score (nSPS) is 11.5. The quantitative estimate of drug-likeness (QED) is 0.817. The van der Waals surface area contributed by atoms with Crippen molar-refractivity contribution in [1.29, 1.82) is 5.26 Å². The summed E-state index contributed by atoms with van der Waals surface area (Å²) in [7, 11) is 0. The van der Waals surface area contributed by atoms with E-state index in [2.05, 4.69) is 4.74 Å². The van der Waals surface area contributed by atoms with Gasteiger partial charge in [0, 0.05) is 0 Å². The topological polar surface area (TPSA) is 53.2 Å². The van der Waals surface area contributed by atoms with Gasteiger partial charge in [0.05, 0.1) is 0 Å². The minimum atomic E-state index is -0.660. The minimum Gasteiger partial charge on any atom is -0.388 e. The van der Waals surface area contributed by atoms with Gasteiger partial charge in [-0.3, -0.25) is 0 Å². The van der Waals surface area contributed by atoms with Crippen LogP contribution in [0.5, 0.6) is 5.75 Å². The fourth-order valence-corrected chi connectivity index (χ4v) is 1.60. The second-order valence-corrected chi connectivity index (χ2v) is 3.58. The molecule has 3 heteroatoms. The van der Waals surface area contributed by atoms with Crippen LogP contribution in [-0.4, -0.2) is 5.11 Å². The van der Waals surface area contributed by atoms with Crippen molar-refractivity contribution >= 4 is 0 Å². The number of hydrogen-bond acceptors (Lipinski definition) is 3. The van der Waals surface area contributed by atoms with Crippen LogP contribution in [0.4, 0.5) is 0 Å². The molecule has 1 unspecified atom stereocenters. The van der Waals surface area contributed by atoms with E-state index in [1.807, 2.05) is 30.3 Å². The fraction of sp³-hybridized carbons (Fsp3) is 0.0714. The predicted octanol–water partition coefficient (Wildman–Crippen LogP) is 2.63. The minimum absolute atomic E-state index is 0.469. The van der Waals surface area contributed by atoms with E-state index in [1.165, 1.54) is 0 Å². The maximum absolute atomic E-state index is 10.1. The number of nitrogens with zero attached hydrogens (tertiary/aromatic N) is 1. The third kappa shape index (κ3) is 2.63. The van der Waals surface area contributed by atoms with E-state index in [0.717, 1.165) is 11.1 Å². The lowest BCUT2D eigenvalue weighted by atomic mass is 10.0. The van der Waals surface area contributed by atoms with Crippen molar-refractivity contribution in [3.05, 3.63) is 65.7 Å². The van der Waals surface area contributed by atoms with Gasteiger partial charge in [0.15, 0.2) is 0 Å². The molecule has 0 aliphatic heterocycles. The highest BCUT2D eigenvalue weighted by Crippen LogP contribution is 2.23. The summed E-state index contributed by atoms with van der Waals surface area (Å²) in [6, 6.07) is 16.2. The molecule has 0 saturated carbocycles. The van der Waals surface area contributed by atoms with Gasteiger partial charge in [-0.1, -0.05) is 42.5 Å². The van der Waals surface area contributed by atoms with Gasteiger partial charge < -0.3 is 9.84 Å². The Morgan fingerprint density at radius 1 is 0.941 bits per heavy atom. The first-order valence-corrected chi connectivity index (χ1v) is 5.20. The second-order valence-electron chi connectivity index (χ2n) is 3.58. The van der Waals surface area contributed by atoms with Crippen molar-refractivity contribution < 1.29 is 9.84 Å². The van der Waals surface area contributed by atoms with Gasteiger partial charge in [-0.05, 0) is 23.3 Å². The summed E-state index contributed by atoms with van der Waals surface area (Å²) in [5.74, 6) is 0.469. The molecule has 0 aliphatic carbocycles. The van der Waals surface area contributed by atoms with Crippen LogP contribution < -0.4 is 4.74 Å². The number of aliphatic hydroxyl groups excluding tert-OH is 1. The van der Waals surface area contributed by atoms with Crippen molar-refractivity contribution in [1.82, 2.24) is 0 Å². The molecule has 0 aliphatic rings. The zero-order valence-corrected chi connectivity index (χ0v) is 9.08. The SMILES string of the molecule is N#COc1ccc(C(O)c2ccccc2)cc1. The molecular formula is C14H11NO2. The molecule has 0 aromatic heterocycles. The first-order valence-electron chi connectivity index (χ1n) is 5.20. The first-order chi connectivity index (χ1) is 8.31. The fourth-order valence-electron chi connectivity index (χ4n) is 1.60.